The van der Waals surface area contributed by atoms with Crippen molar-refractivity contribution < 1.29 is 32.2 Å². The van der Waals surface area contributed by atoms with Gasteiger partial charge in [-0.15, -0.1) is 0 Å². The van der Waals surface area contributed by atoms with Crippen LogP contribution in [0.1, 0.15) is 31.4 Å². The molecule has 1 amide bonds. The molecule has 29 heavy (non-hydrogen) atoms. The molecule has 0 saturated heterocycles. The molecular formula is C20H21F3N2O4. The Bertz CT molecular complexity index is 921. The van der Waals surface area contributed by atoms with Gasteiger partial charge in [-0.2, -0.15) is 13.2 Å². The fourth-order valence-electron chi connectivity index (χ4n) is 3.88. The van der Waals surface area contributed by atoms with Crippen molar-refractivity contribution in [2.24, 2.45) is 4.99 Å². The molecule has 156 valence electrons. The number of benzene rings is 1. The smallest absolute Gasteiger partial charge is 0.471 e. The molecule has 1 N–H and O–H groups in total. The predicted octanol–water partition coefficient (Wildman–Crippen LogP) is 2.85. The van der Waals surface area contributed by atoms with E-state index in [2.05, 4.69) is 4.99 Å². The van der Waals surface area contributed by atoms with Gasteiger partial charge < -0.3 is 14.8 Å². The molecule has 3 rings (SSSR count). The zero-order chi connectivity index (χ0) is 21.4. The average molecular weight is 410 g/mol. The number of fused-ring (bicyclic) bond motifs is 1. The first-order valence-corrected chi connectivity index (χ1v) is 9.13. The number of halogens is 3. The van der Waals surface area contributed by atoms with E-state index in [9.17, 15) is 22.8 Å². The van der Waals surface area contributed by atoms with E-state index in [1.54, 1.807) is 32.0 Å². The average Bonchev–Trinajstić information content (AvgIpc) is 3.21. The first-order chi connectivity index (χ1) is 13.6. The second-order valence-electron chi connectivity index (χ2n) is 6.85. The van der Waals surface area contributed by atoms with Crippen LogP contribution in [0, 0.1) is 0 Å². The van der Waals surface area contributed by atoms with E-state index in [1.807, 2.05) is 5.32 Å². The zero-order valence-corrected chi connectivity index (χ0v) is 16.3. The van der Waals surface area contributed by atoms with Crippen molar-refractivity contribution in [3.05, 3.63) is 34.9 Å². The number of ether oxygens (including phenoxy) is 2. The number of methoxy groups -OCH3 is 1. The molecule has 1 aromatic carbocycles. The van der Waals surface area contributed by atoms with Crippen molar-refractivity contribution >= 4 is 23.2 Å². The quantitative estimate of drug-likeness (QED) is 0.775. The number of hydrogen-bond donors (Lipinski definition) is 1. The van der Waals surface area contributed by atoms with Gasteiger partial charge in [0.2, 0.25) is 0 Å². The Morgan fingerprint density at radius 3 is 2.59 bits per heavy atom. The molecule has 0 spiro atoms. The summed E-state index contributed by atoms with van der Waals surface area (Å²) in [5.41, 5.74) is 0.746. The van der Waals surface area contributed by atoms with Crippen LogP contribution < -0.4 is 10.1 Å². The first-order valence-electron chi connectivity index (χ1n) is 9.13. The van der Waals surface area contributed by atoms with Crippen LogP contribution in [0.2, 0.25) is 0 Å². The maximum atomic E-state index is 13.1. The summed E-state index contributed by atoms with van der Waals surface area (Å²) in [6.45, 7) is 3.70. The van der Waals surface area contributed by atoms with E-state index < -0.39 is 23.6 Å². The Balaban J connectivity index is 2.26. The van der Waals surface area contributed by atoms with E-state index in [4.69, 9.17) is 9.47 Å². The summed E-state index contributed by atoms with van der Waals surface area (Å²) < 4.78 is 49.7. The first kappa shape index (κ1) is 20.9. The molecule has 1 atom stereocenters. The lowest BCUT2D eigenvalue weighted by molar-refractivity contribution is -0.177. The lowest BCUT2D eigenvalue weighted by Crippen LogP contribution is -2.58. The van der Waals surface area contributed by atoms with Gasteiger partial charge in [0, 0.05) is 24.3 Å². The van der Waals surface area contributed by atoms with E-state index in [-0.39, 0.29) is 13.0 Å². The Morgan fingerprint density at radius 2 is 2.03 bits per heavy atom. The van der Waals surface area contributed by atoms with Crippen molar-refractivity contribution in [2.45, 2.75) is 38.4 Å². The number of carbonyl (C=O) groups excluding carboxylic acids is 2. The van der Waals surface area contributed by atoms with Crippen molar-refractivity contribution in [2.75, 3.05) is 20.3 Å². The zero-order valence-electron chi connectivity index (χ0n) is 16.3. The number of alkyl halides is 3. The molecule has 6 nitrogen and oxygen atoms in total. The fourth-order valence-corrected chi connectivity index (χ4v) is 3.88. The molecule has 1 aromatic rings. The number of aliphatic imine (C=N–C) groups is 1. The second-order valence-corrected chi connectivity index (χ2v) is 6.85. The number of hydrogen-bond acceptors (Lipinski definition) is 5. The van der Waals surface area contributed by atoms with Crippen LogP contribution in [0.5, 0.6) is 5.75 Å². The third-order valence-electron chi connectivity index (χ3n) is 5.12. The lowest BCUT2D eigenvalue weighted by atomic mass is 9.84. The van der Waals surface area contributed by atoms with Crippen molar-refractivity contribution in [1.82, 2.24) is 5.32 Å². The number of nitrogens with one attached hydrogen (secondary N) is 1. The number of esters is 1. The Labute approximate surface area is 165 Å². The summed E-state index contributed by atoms with van der Waals surface area (Å²) in [5.74, 6) is -2.64. The van der Waals surface area contributed by atoms with Crippen LogP contribution in [0.25, 0.3) is 5.57 Å². The third kappa shape index (κ3) is 3.61. The van der Waals surface area contributed by atoms with E-state index in [0.29, 0.717) is 46.7 Å². The third-order valence-corrected chi connectivity index (χ3v) is 5.12. The van der Waals surface area contributed by atoms with E-state index >= 15 is 0 Å². The highest BCUT2D eigenvalue weighted by atomic mass is 19.4. The molecule has 0 radical (unpaired) electrons. The SMILES string of the molecule is CCOC(=O)C1(NC(=O)C(F)(F)F)Cc2cc(OC)ccc2C1=C1CCN=C1C. The van der Waals surface area contributed by atoms with Gasteiger partial charge in [-0.25, -0.2) is 4.79 Å². The second kappa shape index (κ2) is 7.53. The van der Waals surface area contributed by atoms with Crippen molar-refractivity contribution in [3.63, 3.8) is 0 Å². The number of nitrogens with zero attached hydrogens (tertiary/aromatic N) is 1. The topological polar surface area (TPSA) is 77.0 Å². The molecular weight excluding hydrogens is 389 g/mol. The van der Waals surface area contributed by atoms with Crippen LogP contribution in [0.3, 0.4) is 0 Å². The van der Waals surface area contributed by atoms with Crippen LogP contribution in [0.15, 0.2) is 28.8 Å². The minimum atomic E-state index is -5.15. The molecule has 0 fully saturated rings. The summed E-state index contributed by atoms with van der Waals surface area (Å²) >= 11 is 0. The predicted molar refractivity (Wildman–Crippen MR) is 99.8 cm³/mol. The van der Waals surface area contributed by atoms with Crippen molar-refractivity contribution in [3.8, 4) is 5.75 Å². The highest BCUT2D eigenvalue weighted by Gasteiger charge is 2.55. The molecule has 0 aromatic heterocycles. The van der Waals surface area contributed by atoms with E-state index in [0.717, 1.165) is 0 Å². The summed E-state index contributed by atoms with van der Waals surface area (Å²) in [7, 11) is 1.47. The van der Waals surface area contributed by atoms with Gasteiger partial charge >= 0.3 is 18.1 Å². The Kier molecular flexibility index (Phi) is 5.42. The minimum absolute atomic E-state index is 0.0438. The minimum Gasteiger partial charge on any atom is -0.497 e. The monoisotopic (exact) mass is 410 g/mol. The van der Waals surface area contributed by atoms with E-state index in [1.165, 1.54) is 7.11 Å². The van der Waals surface area contributed by atoms with Gasteiger partial charge in [0.25, 0.3) is 0 Å². The van der Waals surface area contributed by atoms with Crippen LogP contribution >= 0.6 is 0 Å². The van der Waals surface area contributed by atoms with Crippen molar-refractivity contribution in [1.29, 1.82) is 0 Å². The Hall–Kier alpha value is -2.84. The normalized spacial score (nSPS) is 23.4. The summed E-state index contributed by atoms with van der Waals surface area (Å²) in [4.78, 5) is 29.3. The summed E-state index contributed by atoms with van der Waals surface area (Å²) in [5, 5.41) is 1.96. The summed E-state index contributed by atoms with van der Waals surface area (Å²) in [6.07, 6.45) is -4.87. The molecule has 1 heterocycles. The Morgan fingerprint density at radius 1 is 1.31 bits per heavy atom. The largest absolute Gasteiger partial charge is 0.497 e. The van der Waals surface area contributed by atoms with Gasteiger partial charge in [0.1, 0.15) is 5.75 Å². The lowest BCUT2D eigenvalue weighted by Gasteiger charge is -2.31. The molecule has 1 aliphatic heterocycles. The maximum absolute atomic E-state index is 13.1. The molecule has 2 aliphatic rings. The molecule has 9 heteroatoms. The number of rotatable bonds is 4. The van der Waals surface area contributed by atoms with Gasteiger partial charge in [-0.3, -0.25) is 9.79 Å². The molecule has 1 unspecified atom stereocenters. The molecule has 0 saturated carbocycles. The molecule has 1 aliphatic carbocycles. The molecule has 0 bridgehead atoms. The van der Waals surface area contributed by atoms with Gasteiger partial charge in [-0.1, -0.05) is 6.07 Å². The number of carbonyl (C=O) groups is 2. The highest BCUT2D eigenvalue weighted by molar-refractivity contribution is 6.14. The van der Waals surface area contributed by atoms with Crippen LogP contribution in [-0.2, 0) is 20.7 Å². The van der Waals surface area contributed by atoms with Gasteiger partial charge in [0.05, 0.1) is 13.7 Å². The van der Waals surface area contributed by atoms with Gasteiger partial charge in [-0.05, 0) is 49.1 Å². The van der Waals surface area contributed by atoms with Crippen LogP contribution in [-0.4, -0.2) is 49.6 Å². The summed E-state index contributed by atoms with van der Waals surface area (Å²) in [6, 6.07) is 4.99. The maximum Gasteiger partial charge on any atom is 0.471 e. The number of amides is 1. The highest BCUT2D eigenvalue weighted by Crippen LogP contribution is 2.46. The standard InChI is InChI=1S/C20H21F3N2O4/c1-4-29-18(27)19(25-17(26)20(21,22)23)10-12-9-13(28-3)5-6-15(12)16(19)14-7-8-24-11(14)2/h5-6,9H,4,7-8,10H2,1-3H3,(H,25,26). The van der Waals surface area contributed by atoms with Crippen LogP contribution in [0.4, 0.5) is 13.2 Å². The van der Waals surface area contributed by atoms with Gasteiger partial charge in [0.15, 0.2) is 5.54 Å². The fraction of sp³-hybridized carbons (Fsp3) is 0.450.